The van der Waals surface area contributed by atoms with E-state index in [4.69, 9.17) is 17.0 Å². The number of hydrogen-bond donors (Lipinski definition) is 3. The maximum Gasteiger partial charge on any atom is 0.269 e. The molecule has 0 saturated carbocycles. The van der Waals surface area contributed by atoms with Crippen LogP contribution in [-0.2, 0) is 11.2 Å². The highest BCUT2D eigenvalue weighted by molar-refractivity contribution is 7.80. The molecule has 26 heavy (non-hydrogen) atoms. The van der Waals surface area contributed by atoms with E-state index >= 15 is 0 Å². The molecular weight excluding hydrogens is 356 g/mol. The van der Waals surface area contributed by atoms with Gasteiger partial charge in [0.05, 0.1) is 24.1 Å². The number of aryl methyl sites for hydroxylation is 1. The number of anilines is 1. The third kappa shape index (κ3) is 5.42. The first-order valence-corrected chi connectivity index (χ1v) is 8.03. The summed E-state index contributed by atoms with van der Waals surface area (Å²) >= 11 is 5.15. The fourth-order valence-corrected chi connectivity index (χ4v) is 2.33. The van der Waals surface area contributed by atoms with E-state index in [9.17, 15) is 14.9 Å². The van der Waals surface area contributed by atoms with Crippen molar-refractivity contribution < 1.29 is 14.5 Å². The third-order valence-electron chi connectivity index (χ3n) is 3.43. The van der Waals surface area contributed by atoms with Gasteiger partial charge in [0.15, 0.2) is 5.11 Å². The van der Waals surface area contributed by atoms with Gasteiger partial charge in [-0.3, -0.25) is 25.8 Å². The van der Waals surface area contributed by atoms with E-state index in [2.05, 4.69) is 16.2 Å². The number of hydrogen-bond acceptors (Lipinski definition) is 5. The number of methoxy groups -OCH3 is 1. The average molecular weight is 374 g/mol. The summed E-state index contributed by atoms with van der Waals surface area (Å²) in [4.78, 5) is 22.1. The predicted octanol–water partition coefficient (Wildman–Crippen LogP) is 2.47. The second kappa shape index (κ2) is 8.77. The molecule has 0 heterocycles. The maximum absolute atomic E-state index is 11.9. The van der Waals surface area contributed by atoms with Gasteiger partial charge in [0, 0.05) is 12.1 Å². The van der Waals surface area contributed by atoms with Crippen LogP contribution in [0.4, 0.5) is 11.4 Å². The summed E-state index contributed by atoms with van der Waals surface area (Å²) in [6.07, 6.45) is 0.0569. The molecule has 0 atom stereocenters. The Labute approximate surface area is 155 Å². The minimum atomic E-state index is -0.491. The SMILES string of the molecule is COc1ccc(C)cc1NC(=S)NNC(=O)Cc1ccc([N+](=O)[O-])cc1. The average Bonchev–Trinajstić information content (AvgIpc) is 2.60. The molecule has 9 heteroatoms. The van der Waals surface area contributed by atoms with Crippen molar-refractivity contribution in [2.75, 3.05) is 12.4 Å². The van der Waals surface area contributed by atoms with Crippen LogP contribution in [0.3, 0.4) is 0 Å². The molecule has 0 bridgehead atoms. The summed E-state index contributed by atoms with van der Waals surface area (Å²) < 4.78 is 5.25. The Bertz CT molecular complexity index is 824. The van der Waals surface area contributed by atoms with Crippen LogP contribution < -0.4 is 20.9 Å². The summed E-state index contributed by atoms with van der Waals surface area (Å²) in [5.41, 5.74) is 7.41. The molecule has 3 N–H and O–H groups in total. The van der Waals surface area contributed by atoms with E-state index in [0.717, 1.165) is 5.56 Å². The molecule has 2 aromatic carbocycles. The Morgan fingerprint density at radius 3 is 2.50 bits per heavy atom. The van der Waals surface area contributed by atoms with Crippen LogP contribution in [0.2, 0.25) is 0 Å². The van der Waals surface area contributed by atoms with E-state index in [1.54, 1.807) is 7.11 Å². The molecule has 0 aliphatic rings. The van der Waals surface area contributed by atoms with Crippen LogP contribution in [0.5, 0.6) is 5.75 Å². The molecule has 0 spiro atoms. The largest absolute Gasteiger partial charge is 0.495 e. The number of thiocarbonyl (C=S) groups is 1. The molecule has 0 saturated heterocycles. The predicted molar refractivity (Wildman–Crippen MR) is 102 cm³/mol. The van der Waals surface area contributed by atoms with Crippen LogP contribution in [0, 0.1) is 17.0 Å². The lowest BCUT2D eigenvalue weighted by Crippen LogP contribution is -2.44. The number of nitro groups is 1. The molecule has 2 rings (SSSR count). The Morgan fingerprint density at radius 2 is 1.88 bits per heavy atom. The van der Waals surface area contributed by atoms with E-state index in [0.29, 0.717) is 17.0 Å². The summed E-state index contributed by atoms with van der Waals surface area (Å²) in [5, 5.41) is 13.8. The number of carbonyl (C=O) groups is 1. The lowest BCUT2D eigenvalue weighted by atomic mass is 10.1. The molecule has 0 aliphatic carbocycles. The van der Waals surface area contributed by atoms with Crippen molar-refractivity contribution >= 4 is 34.6 Å². The van der Waals surface area contributed by atoms with Gasteiger partial charge in [-0.05, 0) is 42.4 Å². The highest BCUT2D eigenvalue weighted by Gasteiger charge is 2.09. The second-order valence-electron chi connectivity index (χ2n) is 5.43. The quantitative estimate of drug-likeness (QED) is 0.419. The number of amides is 1. The van der Waals surface area contributed by atoms with Crippen molar-refractivity contribution in [3.8, 4) is 5.75 Å². The maximum atomic E-state index is 11.9. The van der Waals surface area contributed by atoms with Gasteiger partial charge in [-0.2, -0.15) is 0 Å². The Hall–Kier alpha value is -3.20. The zero-order chi connectivity index (χ0) is 19.1. The third-order valence-corrected chi connectivity index (χ3v) is 3.63. The lowest BCUT2D eigenvalue weighted by Gasteiger charge is -2.14. The molecule has 1 amide bonds. The molecule has 8 nitrogen and oxygen atoms in total. The molecule has 0 aliphatic heterocycles. The highest BCUT2D eigenvalue weighted by Crippen LogP contribution is 2.24. The fourth-order valence-electron chi connectivity index (χ4n) is 2.16. The monoisotopic (exact) mass is 374 g/mol. The smallest absolute Gasteiger partial charge is 0.269 e. The van der Waals surface area contributed by atoms with Crippen LogP contribution in [0.1, 0.15) is 11.1 Å². The molecule has 0 aromatic heterocycles. The van der Waals surface area contributed by atoms with Crippen LogP contribution >= 0.6 is 12.2 Å². The van der Waals surface area contributed by atoms with Crippen molar-refractivity contribution in [3.05, 3.63) is 63.7 Å². The second-order valence-corrected chi connectivity index (χ2v) is 5.84. The van der Waals surface area contributed by atoms with E-state index in [1.165, 1.54) is 24.3 Å². The van der Waals surface area contributed by atoms with E-state index < -0.39 is 4.92 Å². The first-order chi connectivity index (χ1) is 12.4. The van der Waals surface area contributed by atoms with Crippen molar-refractivity contribution in [3.63, 3.8) is 0 Å². The highest BCUT2D eigenvalue weighted by atomic mass is 32.1. The zero-order valence-corrected chi connectivity index (χ0v) is 15.1. The van der Waals surface area contributed by atoms with E-state index in [1.807, 2.05) is 25.1 Å². The summed E-state index contributed by atoms with van der Waals surface area (Å²) in [6, 6.07) is 11.4. The van der Waals surface area contributed by atoms with Crippen molar-refractivity contribution in [1.29, 1.82) is 0 Å². The number of nitro benzene ring substituents is 1. The minimum Gasteiger partial charge on any atom is -0.495 e. The molecule has 2 aromatic rings. The Balaban J connectivity index is 1.86. The molecule has 0 fully saturated rings. The van der Waals surface area contributed by atoms with Gasteiger partial charge in [0.2, 0.25) is 5.91 Å². The number of hydrazine groups is 1. The number of rotatable bonds is 5. The fraction of sp³-hybridized carbons (Fsp3) is 0.176. The number of ether oxygens (including phenoxy) is 1. The number of nitrogens with zero attached hydrogens (tertiary/aromatic N) is 1. The summed E-state index contributed by atoms with van der Waals surface area (Å²) in [7, 11) is 1.55. The van der Waals surface area contributed by atoms with Crippen molar-refractivity contribution in [2.24, 2.45) is 0 Å². The lowest BCUT2D eigenvalue weighted by molar-refractivity contribution is -0.384. The number of benzene rings is 2. The van der Waals surface area contributed by atoms with Gasteiger partial charge in [-0.25, -0.2) is 0 Å². The van der Waals surface area contributed by atoms with E-state index in [-0.39, 0.29) is 23.1 Å². The minimum absolute atomic E-state index is 0.0234. The summed E-state index contributed by atoms with van der Waals surface area (Å²) in [5.74, 6) is 0.288. The van der Waals surface area contributed by atoms with Gasteiger partial charge in [0.1, 0.15) is 5.75 Å². The van der Waals surface area contributed by atoms with Gasteiger partial charge < -0.3 is 10.1 Å². The normalized spacial score (nSPS) is 9.92. The molecule has 0 radical (unpaired) electrons. The zero-order valence-electron chi connectivity index (χ0n) is 14.2. The molecule has 0 unspecified atom stereocenters. The molecule has 136 valence electrons. The van der Waals surface area contributed by atoms with Gasteiger partial charge in [-0.15, -0.1) is 0 Å². The standard InChI is InChI=1S/C17H18N4O4S/c1-11-3-8-15(25-2)14(9-11)18-17(26)20-19-16(22)10-12-4-6-13(7-5-12)21(23)24/h3-9H,10H2,1-2H3,(H,19,22)(H2,18,20,26). The van der Waals surface area contributed by atoms with Crippen molar-refractivity contribution in [2.45, 2.75) is 13.3 Å². The van der Waals surface area contributed by atoms with Gasteiger partial charge in [-0.1, -0.05) is 18.2 Å². The van der Waals surface area contributed by atoms with Crippen LogP contribution in [0.15, 0.2) is 42.5 Å². The number of carbonyl (C=O) groups excluding carboxylic acids is 1. The molecular formula is C17H18N4O4S. The van der Waals surface area contributed by atoms with Crippen LogP contribution in [-0.4, -0.2) is 23.1 Å². The number of nitrogens with one attached hydrogen (secondary N) is 3. The number of non-ortho nitro benzene ring substituents is 1. The topological polar surface area (TPSA) is 106 Å². The van der Waals surface area contributed by atoms with Crippen molar-refractivity contribution in [1.82, 2.24) is 10.9 Å². The Morgan fingerprint density at radius 1 is 1.19 bits per heavy atom. The first kappa shape index (κ1) is 19.1. The summed E-state index contributed by atoms with van der Waals surface area (Å²) in [6.45, 7) is 1.94. The Kier molecular flexibility index (Phi) is 6.45. The van der Waals surface area contributed by atoms with Crippen LogP contribution in [0.25, 0.3) is 0 Å². The van der Waals surface area contributed by atoms with Gasteiger partial charge in [0.25, 0.3) is 5.69 Å². The van der Waals surface area contributed by atoms with Gasteiger partial charge >= 0.3 is 0 Å². The first-order valence-electron chi connectivity index (χ1n) is 7.63.